The smallest absolute Gasteiger partial charge is 0.317 e. The SMILES string of the molecule is Cc1ccc(NC(=O)N2CCCC2c2ccccc2Cl)c(Cl)c1. The second-order valence-corrected chi connectivity index (χ2v) is 6.60. The van der Waals surface area contributed by atoms with E-state index in [1.165, 1.54) is 0 Å². The number of nitrogens with one attached hydrogen (secondary N) is 1. The lowest BCUT2D eigenvalue weighted by Crippen LogP contribution is -2.34. The van der Waals surface area contributed by atoms with E-state index in [-0.39, 0.29) is 12.1 Å². The van der Waals surface area contributed by atoms with Crippen molar-refractivity contribution in [2.75, 3.05) is 11.9 Å². The van der Waals surface area contributed by atoms with E-state index in [2.05, 4.69) is 5.32 Å². The van der Waals surface area contributed by atoms with E-state index in [9.17, 15) is 4.79 Å². The number of nitrogens with zero attached hydrogens (tertiary/aromatic N) is 1. The van der Waals surface area contributed by atoms with Crippen LogP contribution in [0.1, 0.15) is 30.0 Å². The zero-order valence-electron chi connectivity index (χ0n) is 12.9. The molecule has 1 aliphatic rings. The molecule has 2 aromatic rings. The van der Waals surface area contributed by atoms with Crippen molar-refractivity contribution in [3.8, 4) is 0 Å². The van der Waals surface area contributed by atoms with Crippen molar-refractivity contribution in [2.24, 2.45) is 0 Å². The Kier molecular flexibility index (Phi) is 4.79. The molecule has 3 rings (SSSR count). The van der Waals surface area contributed by atoms with Crippen LogP contribution in [0.2, 0.25) is 10.0 Å². The fourth-order valence-electron chi connectivity index (χ4n) is 2.99. The molecule has 0 spiro atoms. The Bertz CT molecular complexity index is 733. The van der Waals surface area contributed by atoms with E-state index < -0.39 is 0 Å². The summed E-state index contributed by atoms with van der Waals surface area (Å²) in [5.41, 5.74) is 2.69. The van der Waals surface area contributed by atoms with Gasteiger partial charge in [-0.05, 0) is 49.1 Å². The van der Waals surface area contributed by atoms with Crippen LogP contribution >= 0.6 is 23.2 Å². The van der Waals surface area contributed by atoms with Gasteiger partial charge in [-0.2, -0.15) is 0 Å². The monoisotopic (exact) mass is 348 g/mol. The minimum atomic E-state index is -0.141. The minimum Gasteiger partial charge on any atom is -0.317 e. The predicted octanol–water partition coefficient (Wildman–Crippen LogP) is 5.67. The van der Waals surface area contributed by atoms with Crippen LogP contribution in [0.5, 0.6) is 0 Å². The molecular weight excluding hydrogens is 331 g/mol. The molecule has 3 nitrogen and oxygen atoms in total. The molecule has 0 radical (unpaired) electrons. The molecule has 1 saturated heterocycles. The van der Waals surface area contributed by atoms with E-state index >= 15 is 0 Å². The standard InChI is InChI=1S/C18H18Cl2N2O/c1-12-8-9-16(15(20)11-12)21-18(23)22-10-4-7-17(22)13-5-2-3-6-14(13)19/h2-3,5-6,8-9,11,17H,4,7,10H2,1H3,(H,21,23). The van der Waals surface area contributed by atoms with Crippen LogP contribution in [-0.4, -0.2) is 17.5 Å². The first-order chi connectivity index (χ1) is 11.1. The third-order valence-electron chi connectivity index (χ3n) is 4.14. The van der Waals surface area contributed by atoms with Crippen molar-refractivity contribution in [1.29, 1.82) is 0 Å². The Morgan fingerprint density at radius 1 is 1.17 bits per heavy atom. The molecule has 1 fully saturated rings. The summed E-state index contributed by atoms with van der Waals surface area (Å²) in [4.78, 5) is 14.5. The largest absolute Gasteiger partial charge is 0.322 e. The highest BCUT2D eigenvalue weighted by atomic mass is 35.5. The summed E-state index contributed by atoms with van der Waals surface area (Å²) in [7, 11) is 0. The van der Waals surface area contributed by atoms with Crippen LogP contribution in [0.4, 0.5) is 10.5 Å². The zero-order valence-corrected chi connectivity index (χ0v) is 14.4. The lowest BCUT2D eigenvalue weighted by atomic mass is 10.0. The van der Waals surface area contributed by atoms with Gasteiger partial charge in [0.1, 0.15) is 0 Å². The maximum Gasteiger partial charge on any atom is 0.322 e. The molecule has 5 heteroatoms. The van der Waals surface area contributed by atoms with Crippen LogP contribution in [0.25, 0.3) is 0 Å². The van der Waals surface area contributed by atoms with Gasteiger partial charge in [-0.15, -0.1) is 0 Å². The van der Waals surface area contributed by atoms with Gasteiger partial charge in [0.15, 0.2) is 0 Å². The van der Waals surface area contributed by atoms with Crippen molar-refractivity contribution in [3.05, 3.63) is 63.6 Å². The average molecular weight is 349 g/mol. The number of likely N-dealkylation sites (tertiary alicyclic amines) is 1. The van der Waals surface area contributed by atoms with Crippen molar-refractivity contribution >= 4 is 34.9 Å². The molecule has 0 aromatic heterocycles. The lowest BCUT2D eigenvalue weighted by molar-refractivity contribution is 0.207. The van der Waals surface area contributed by atoms with E-state index in [4.69, 9.17) is 23.2 Å². The molecule has 2 amide bonds. The number of carbonyl (C=O) groups is 1. The normalized spacial score (nSPS) is 17.3. The molecule has 2 aromatic carbocycles. The fraction of sp³-hybridized carbons (Fsp3) is 0.278. The van der Waals surface area contributed by atoms with Crippen LogP contribution in [-0.2, 0) is 0 Å². The highest BCUT2D eigenvalue weighted by molar-refractivity contribution is 6.33. The summed E-state index contributed by atoms with van der Waals surface area (Å²) < 4.78 is 0. The number of anilines is 1. The molecule has 0 aliphatic carbocycles. The van der Waals surface area contributed by atoms with Gasteiger partial charge in [0.25, 0.3) is 0 Å². The summed E-state index contributed by atoms with van der Waals surface area (Å²) in [6.45, 7) is 2.68. The first-order valence-corrected chi connectivity index (χ1v) is 8.40. The Morgan fingerprint density at radius 3 is 2.70 bits per heavy atom. The van der Waals surface area contributed by atoms with Gasteiger partial charge in [-0.25, -0.2) is 4.79 Å². The molecule has 23 heavy (non-hydrogen) atoms. The first kappa shape index (κ1) is 16.2. The molecule has 1 N–H and O–H groups in total. The average Bonchev–Trinajstić information content (AvgIpc) is 3.00. The summed E-state index contributed by atoms with van der Waals surface area (Å²) in [5.74, 6) is 0. The highest BCUT2D eigenvalue weighted by Crippen LogP contribution is 2.36. The summed E-state index contributed by atoms with van der Waals surface area (Å²) >= 11 is 12.5. The van der Waals surface area contributed by atoms with Crippen molar-refractivity contribution < 1.29 is 4.79 Å². The second kappa shape index (κ2) is 6.81. The minimum absolute atomic E-state index is 0.00734. The lowest BCUT2D eigenvalue weighted by Gasteiger charge is -2.26. The van der Waals surface area contributed by atoms with Crippen LogP contribution in [0.15, 0.2) is 42.5 Å². The highest BCUT2D eigenvalue weighted by Gasteiger charge is 2.31. The van der Waals surface area contributed by atoms with Gasteiger partial charge in [0.05, 0.1) is 16.8 Å². The number of aryl methyl sites for hydroxylation is 1. The van der Waals surface area contributed by atoms with Gasteiger partial charge in [0, 0.05) is 11.6 Å². The van der Waals surface area contributed by atoms with E-state index in [1.54, 1.807) is 0 Å². The first-order valence-electron chi connectivity index (χ1n) is 7.64. The Morgan fingerprint density at radius 2 is 1.96 bits per heavy atom. The number of carbonyl (C=O) groups excluding carboxylic acids is 1. The molecule has 0 bridgehead atoms. The van der Waals surface area contributed by atoms with Gasteiger partial charge in [0.2, 0.25) is 0 Å². The number of amides is 2. The topological polar surface area (TPSA) is 32.3 Å². The second-order valence-electron chi connectivity index (χ2n) is 5.79. The Balaban J connectivity index is 1.80. The number of halogens is 2. The molecule has 1 unspecified atom stereocenters. The van der Waals surface area contributed by atoms with Crippen LogP contribution in [0.3, 0.4) is 0 Å². The summed E-state index contributed by atoms with van der Waals surface area (Å²) in [6.07, 6.45) is 1.88. The summed E-state index contributed by atoms with van der Waals surface area (Å²) in [6, 6.07) is 13.2. The molecule has 0 saturated carbocycles. The van der Waals surface area contributed by atoms with Crippen LogP contribution < -0.4 is 5.32 Å². The van der Waals surface area contributed by atoms with Crippen LogP contribution in [0, 0.1) is 6.92 Å². The zero-order chi connectivity index (χ0) is 16.4. The fourth-order valence-corrected chi connectivity index (χ4v) is 3.53. The van der Waals surface area contributed by atoms with Gasteiger partial charge < -0.3 is 10.2 Å². The number of hydrogen-bond donors (Lipinski definition) is 1. The Labute approximate surface area is 146 Å². The maximum absolute atomic E-state index is 12.7. The molecular formula is C18H18Cl2N2O. The van der Waals surface area contributed by atoms with E-state index in [0.29, 0.717) is 22.3 Å². The van der Waals surface area contributed by atoms with Gasteiger partial charge >= 0.3 is 6.03 Å². The van der Waals surface area contributed by atoms with Gasteiger partial charge in [-0.1, -0.05) is 47.5 Å². The quantitative estimate of drug-likeness (QED) is 0.744. The predicted molar refractivity (Wildman–Crippen MR) is 95.3 cm³/mol. The summed E-state index contributed by atoms with van der Waals surface area (Å²) in [5, 5.41) is 4.16. The van der Waals surface area contributed by atoms with E-state index in [1.807, 2.05) is 54.3 Å². The number of urea groups is 1. The van der Waals surface area contributed by atoms with Gasteiger partial charge in [-0.3, -0.25) is 0 Å². The van der Waals surface area contributed by atoms with Crippen molar-refractivity contribution in [3.63, 3.8) is 0 Å². The Hall–Kier alpha value is -1.71. The number of benzene rings is 2. The molecule has 1 heterocycles. The molecule has 1 atom stereocenters. The third kappa shape index (κ3) is 3.46. The third-order valence-corrected chi connectivity index (χ3v) is 4.80. The number of hydrogen-bond acceptors (Lipinski definition) is 1. The molecule has 120 valence electrons. The maximum atomic E-state index is 12.7. The van der Waals surface area contributed by atoms with Crippen molar-refractivity contribution in [1.82, 2.24) is 4.90 Å². The van der Waals surface area contributed by atoms with E-state index in [0.717, 1.165) is 24.0 Å². The number of rotatable bonds is 2. The van der Waals surface area contributed by atoms with Crippen molar-refractivity contribution in [2.45, 2.75) is 25.8 Å². The molecule has 1 aliphatic heterocycles.